The van der Waals surface area contributed by atoms with Gasteiger partial charge in [0.15, 0.2) is 0 Å². The van der Waals surface area contributed by atoms with Crippen molar-refractivity contribution in [1.82, 2.24) is 14.4 Å². The van der Waals surface area contributed by atoms with Gasteiger partial charge in [-0.3, -0.25) is 4.79 Å². The summed E-state index contributed by atoms with van der Waals surface area (Å²) in [6.45, 7) is 5.12. The number of nitrogens with zero attached hydrogens (tertiary/aromatic N) is 3. The predicted octanol–water partition coefficient (Wildman–Crippen LogP) is 3.65. The average Bonchev–Trinajstić information content (AvgIpc) is 3.16. The van der Waals surface area contributed by atoms with Crippen LogP contribution in [0.25, 0.3) is 10.9 Å². The average molecular weight is 376 g/mol. The summed E-state index contributed by atoms with van der Waals surface area (Å²) in [5.74, 6) is 0.0198. The molecule has 4 rings (SSSR count). The number of piperazine rings is 1. The number of nitrogens with one attached hydrogen (secondary N) is 1. The molecule has 0 atom stereocenters. The number of aryl methyl sites for hydroxylation is 1. The van der Waals surface area contributed by atoms with Crippen molar-refractivity contribution in [2.75, 3.05) is 31.5 Å². The van der Waals surface area contributed by atoms with Gasteiger partial charge < -0.3 is 19.7 Å². The van der Waals surface area contributed by atoms with E-state index < -0.39 is 0 Å². The second kappa shape index (κ2) is 7.76. The first-order chi connectivity index (χ1) is 13.7. The number of rotatable bonds is 3. The van der Waals surface area contributed by atoms with Crippen LogP contribution in [-0.4, -0.2) is 52.5 Å². The highest BCUT2D eigenvalue weighted by atomic mass is 16.2. The van der Waals surface area contributed by atoms with Gasteiger partial charge in [-0.05, 0) is 42.6 Å². The maximum atomic E-state index is 12.6. The molecular formula is C22H24N4O2. The Bertz CT molecular complexity index is 988. The van der Waals surface area contributed by atoms with E-state index in [1.165, 1.54) is 0 Å². The molecule has 1 saturated heterocycles. The van der Waals surface area contributed by atoms with Gasteiger partial charge in [0.25, 0.3) is 5.91 Å². The van der Waals surface area contributed by atoms with E-state index in [2.05, 4.69) is 29.1 Å². The van der Waals surface area contributed by atoms with E-state index in [0.717, 1.165) is 23.1 Å². The third kappa shape index (κ3) is 3.58. The molecule has 0 unspecified atom stereocenters. The van der Waals surface area contributed by atoms with E-state index in [9.17, 15) is 9.59 Å². The van der Waals surface area contributed by atoms with E-state index >= 15 is 0 Å². The molecule has 1 aliphatic rings. The normalized spacial score (nSPS) is 14.3. The Hall–Kier alpha value is -3.28. The molecule has 144 valence electrons. The number of carbonyl (C=O) groups is 2. The van der Waals surface area contributed by atoms with Gasteiger partial charge in [-0.15, -0.1) is 0 Å². The summed E-state index contributed by atoms with van der Waals surface area (Å²) in [7, 11) is 0. The highest BCUT2D eigenvalue weighted by molar-refractivity contribution is 5.95. The number of benzene rings is 2. The fourth-order valence-corrected chi connectivity index (χ4v) is 3.62. The first-order valence-electron chi connectivity index (χ1n) is 9.65. The fourth-order valence-electron chi connectivity index (χ4n) is 3.62. The quantitative estimate of drug-likeness (QED) is 0.759. The van der Waals surface area contributed by atoms with Crippen molar-refractivity contribution in [2.45, 2.75) is 13.5 Å². The highest BCUT2D eigenvalue weighted by Crippen LogP contribution is 2.21. The van der Waals surface area contributed by atoms with E-state index in [-0.39, 0.29) is 11.9 Å². The standard InChI is InChI=1S/C22H24N4O2/c1-2-24-11-10-17-8-9-19(16-20(17)24)23-22(28)26-14-12-25(13-15-26)21(27)18-6-4-3-5-7-18/h3-11,16H,2,12-15H2,1H3,(H,23,28). The summed E-state index contributed by atoms with van der Waals surface area (Å²) >= 11 is 0. The minimum atomic E-state index is -0.124. The first kappa shape index (κ1) is 18.1. The van der Waals surface area contributed by atoms with Crippen LogP contribution < -0.4 is 5.32 Å². The van der Waals surface area contributed by atoms with Crippen LogP contribution in [0.4, 0.5) is 10.5 Å². The van der Waals surface area contributed by atoms with Gasteiger partial charge >= 0.3 is 6.03 Å². The largest absolute Gasteiger partial charge is 0.348 e. The minimum absolute atomic E-state index is 0.0198. The summed E-state index contributed by atoms with van der Waals surface area (Å²) < 4.78 is 2.15. The van der Waals surface area contributed by atoms with Gasteiger partial charge in [0.05, 0.1) is 5.52 Å². The molecule has 3 amide bonds. The van der Waals surface area contributed by atoms with Crippen molar-refractivity contribution in [3.8, 4) is 0 Å². The lowest BCUT2D eigenvalue weighted by molar-refractivity contribution is 0.0671. The van der Waals surface area contributed by atoms with Crippen molar-refractivity contribution in [2.24, 2.45) is 0 Å². The van der Waals surface area contributed by atoms with Crippen LogP contribution in [0.15, 0.2) is 60.8 Å². The van der Waals surface area contributed by atoms with Crippen molar-refractivity contribution in [1.29, 1.82) is 0 Å². The van der Waals surface area contributed by atoms with Gasteiger partial charge in [-0.25, -0.2) is 4.79 Å². The Morgan fingerprint density at radius 1 is 0.929 bits per heavy atom. The first-order valence-corrected chi connectivity index (χ1v) is 9.65. The molecule has 1 aliphatic heterocycles. The molecule has 28 heavy (non-hydrogen) atoms. The van der Waals surface area contributed by atoms with E-state index in [0.29, 0.717) is 31.7 Å². The van der Waals surface area contributed by atoms with Gasteiger partial charge in [0.2, 0.25) is 0 Å². The monoisotopic (exact) mass is 376 g/mol. The summed E-state index contributed by atoms with van der Waals surface area (Å²) in [6.07, 6.45) is 2.05. The summed E-state index contributed by atoms with van der Waals surface area (Å²) in [6, 6.07) is 17.2. The second-order valence-electron chi connectivity index (χ2n) is 6.95. The number of urea groups is 1. The highest BCUT2D eigenvalue weighted by Gasteiger charge is 2.24. The molecule has 2 heterocycles. The molecule has 0 aliphatic carbocycles. The molecule has 1 N–H and O–H groups in total. The van der Waals surface area contributed by atoms with Crippen LogP contribution in [0.2, 0.25) is 0 Å². The zero-order valence-electron chi connectivity index (χ0n) is 16.0. The van der Waals surface area contributed by atoms with Crippen LogP contribution in [0, 0.1) is 0 Å². The Morgan fingerprint density at radius 3 is 2.36 bits per heavy atom. The molecule has 3 aromatic rings. The number of aromatic nitrogens is 1. The maximum Gasteiger partial charge on any atom is 0.321 e. The lowest BCUT2D eigenvalue weighted by Crippen LogP contribution is -2.51. The Balaban J connectivity index is 1.37. The Morgan fingerprint density at radius 2 is 1.64 bits per heavy atom. The zero-order chi connectivity index (χ0) is 19.5. The fraction of sp³-hybridized carbons (Fsp3) is 0.273. The zero-order valence-corrected chi connectivity index (χ0v) is 16.0. The van der Waals surface area contributed by atoms with Crippen LogP contribution >= 0.6 is 0 Å². The third-order valence-electron chi connectivity index (χ3n) is 5.24. The van der Waals surface area contributed by atoms with Crippen LogP contribution in [0.5, 0.6) is 0 Å². The predicted molar refractivity (Wildman–Crippen MR) is 111 cm³/mol. The molecule has 0 saturated carbocycles. The smallest absolute Gasteiger partial charge is 0.321 e. The third-order valence-corrected chi connectivity index (χ3v) is 5.24. The van der Waals surface area contributed by atoms with E-state index in [4.69, 9.17) is 0 Å². The summed E-state index contributed by atoms with van der Waals surface area (Å²) in [4.78, 5) is 28.7. The molecule has 6 heteroatoms. The lowest BCUT2D eigenvalue weighted by atomic mass is 10.2. The topological polar surface area (TPSA) is 57.6 Å². The summed E-state index contributed by atoms with van der Waals surface area (Å²) in [5, 5.41) is 4.15. The Kier molecular flexibility index (Phi) is 5.02. The number of amides is 3. The number of hydrogen-bond donors (Lipinski definition) is 1. The van der Waals surface area contributed by atoms with E-state index in [1.807, 2.05) is 48.5 Å². The molecule has 0 spiro atoms. The van der Waals surface area contributed by atoms with Crippen LogP contribution in [0.3, 0.4) is 0 Å². The SMILES string of the molecule is CCn1ccc2ccc(NC(=O)N3CCN(C(=O)c4ccccc4)CC3)cc21. The molecule has 0 bridgehead atoms. The molecule has 6 nitrogen and oxygen atoms in total. The van der Waals surface area contributed by atoms with Crippen LogP contribution in [-0.2, 0) is 6.54 Å². The molecule has 1 fully saturated rings. The summed E-state index contributed by atoms with van der Waals surface area (Å²) in [5.41, 5.74) is 2.58. The van der Waals surface area contributed by atoms with Crippen LogP contribution in [0.1, 0.15) is 17.3 Å². The Labute approximate surface area is 164 Å². The molecular weight excluding hydrogens is 352 g/mol. The van der Waals surface area contributed by atoms with Crippen molar-refractivity contribution < 1.29 is 9.59 Å². The lowest BCUT2D eigenvalue weighted by Gasteiger charge is -2.34. The van der Waals surface area contributed by atoms with E-state index in [1.54, 1.807) is 9.80 Å². The van der Waals surface area contributed by atoms with Crippen molar-refractivity contribution in [3.63, 3.8) is 0 Å². The van der Waals surface area contributed by atoms with Crippen molar-refractivity contribution in [3.05, 3.63) is 66.4 Å². The second-order valence-corrected chi connectivity index (χ2v) is 6.95. The van der Waals surface area contributed by atoms with Gasteiger partial charge in [-0.1, -0.05) is 24.3 Å². The molecule has 2 aromatic carbocycles. The minimum Gasteiger partial charge on any atom is -0.348 e. The maximum absolute atomic E-state index is 12.6. The van der Waals surface area contributed by atoms with Gasteiger partial charge in [0.1, 0.15) is 0 Å². The molecule has 1 aromatic heterocycles. The number of anilines is 1. The number of carbonyl (C=O) groups excluding carboxylic acids is 2. The number of hydrogen-bond acceptors (Lipinski definition) is 2. The van der Waals surface area contributed by atoms with Gasteiger partial charge in [0, 0.05) is 50.2 Å². The number of fused-ring (bicyclic) bond motifs is 1. The molecule has 0 radical (unpaired) electrons. The van der Waals surface area contributed by atoms with Gasteiger partial charge in [-0.2, -0.15) is 0 Å². The van der Waals surface area contributed by atoms with Crippen molar-refractivity contribution >= 4 is 28.5 Å².